The Hall–Kier alpha value is -2.93. The van der Waals surface area contributed by atoms with Gasteiger partial charge in [0.1, 0.15) is 5.82 Å². The largest absolute Gasteiger partial charge is 0.354 e. The Labute approximate surface area is 170 Å². The van der Waals surface area contributed by atoms with Crippen LogP contribution in [0.2, 0.25) is 0 Å². The Balaban J connectivity index is 1.34. The summed E-state index contributed by atoms with van der Waals surface area (Å²) in [6, 6.07) is 12.1. The van der Waals surface area contributed by atoms with Crippen LogP contribution in [0.3, 0.4) is 0 Å². The molecule has 2 aliphatic heterocycles. The third kappa shape index (κ3) is 3.35. The summed E-state index contributed by atoms with van der Waals surface area (Å²) in [5.41, 5.74) is 4.48. The van der Waals surface area contributed by atoms with Crippen molar-refractivity contribution < 1.29 is 4.79 Å². The molecule has 0 atom stereocenters. The maximum atomic E-state index is 12.9. The zero-order valence-corrected chi connectivity index (χ0v) is 16.7. The summed E-state index contributed by atoms with van der Waals surface area (Å²) < 4.78 is 1.94. The molecule has 0 spiro atoms. The van der Waals surface area contributed by atoms with Crippen LogP contribution in [0.4, 0.5) is 5.82 Å². The minimum atomic E-state index is 0.0297. The van der Waals surface area contributed by atoms with Crippen molar-refractivity contribution in [3.8, 4) is 0 Å². The van der Waals surface area contributed by atoms with E-state index in [-0.39, 0.29) is 11.8 Å². The van der Waals surface area contributed by atoms with Gasteiger partial charge in [0.2, 0.25) is 5.91 Å². The molecule has 7 nitrogen and oxygen atoms in total. The molecule has 1 amide bonds. The van der Waals surface area contributed by atoms with Crippen molar-refractivity contribution in [2.75, 3.05) is 38.1 Å². The third-order valence-electron chi connectivity index (χ3n) is 5.95. The van der Waals surface area contributed by atoms with Gasteiger partial charge in [-0.3, -0.25) is 4.79 Å². The quantitative estimate of drug-likeness (QED) is 0.732. The van der Waals surface area contributed by atoms with Crippen molar-refractivity contribution in [2.24, 2.45) is 5.92 Å². The van der Waals surface area contributed by atoms with Crippen LogP contribution in [-0.4, -0.2) is 58.6 Å². The number of carbonyl (C=O) groups excluding carboxylic acids is 1. The second-order valence-electron chi connectivity index (χ2n) is 7.99. The summed E-state index contributed by atoms with van der Waals surface area (Å²) in [4.78, 5) is 21.9. The smallest absolute Gasteiger partial charge is 0.229 e. The fraction of sp³-hybridized carbons (Fsp3) is 0.409. The van der Waals surface area contributed by atoms with Crippen LogP contribution >= 0.6 is 0 Å². The molecule has 1 N–H and O–H groups in total. The zero-order valence-electron chi connectivity index (χ0n) is 16.7. The lowest BCUT2D eigenvalue weighted by atomic mass is 9.96. The summed E-state index contributed by atoms with van der Waals surface area (Å²) >= 11 is 0. The van der Waals surface area contributed by atoms with Crippen molar-refractivity contribution in [3.05, 3.63) is 59.4 Å². The first kappa shape index (κ1) is 18.1. The van der Waals surface area contributed by atoms with Crippen molar-refractivity contribution in [3.63, 3.8) is 0 Å². The molecule has 0 radical (unpaired) electrons. The Bertz CT molecular complexity index is 1020. The highest BCUT2D eigenvalue weighted by Gasteiger charge is 2.37. The maximum Gasteiger partial charge on any atom is 0.229 e. The predicted octanol–water partition coefficient (Wildman–Crippen LogP) is 1.51. The molecule has 150 valence electrons. The van der Waals surface area contributed by atoms with Crippen LogP contribution in [0.1, 0.15) is 16.8 Å². The van der Waals surface area contributed by atoms with Crippen LogP contribution in [-0.2, 0) is 24.2 Å². The molecular formula is C22H26N6O. The Morgan fingerprint density at radius 3 is 2.79 bits per heavy atom. The molecule has 5 rings (SSSR count). The van der Waals surface area contributed by atoms with E-state index in [0.29, 0.717) is 6.54 Å². The van der Waals surface area contributed by atoms with Crippen LogP contribution in [0.15, 0.2) is 42.6 Å². The van der Waals surface area contributed by atoms with Crippen molar-refractivity contribution >= 4 is 17.4 Å². The number of fused-ring (bicyclic) bond motifs is 2. The van der Waals surface area contributed by atoms with E-state index < -0.39 is 0 Å². The number of carbonyl (C=O) groups is 1. The average Bonchev–Trinajstić information content (AvgIpc) is 3.03. The summed E-state index contributed by atoms with van der Waals surface area (Å²) in [5, 5.41) is 7.98. The number of hydrogen-bond acceptors (Lipinski definition) is 5. The van der Waals surface area contributed by atoms with E-state index >= 15 is 0 Å². The molecule has 3 aromatic rings. The first-order valence-electron chi connectivity index (χ1n) is 10.3. The number of aromatic nitrogens is 3. The van der Waals surface area contributed by atoms with Gasteiger partial charge >= 0.3 is 0 Å². The van der Waals surface area contributed by atoms with Crippen molar-refractivity contribution in [1.29, 1.82) is 0 Å². The van der Waals surface area contributed by atoms with Gasteiger partial charge in [-0.2, -0.15) is 9.61 Å². The normalized spacial score (nSPS) is 16.9. The minimum Gasteiger partial charge on any atom is -0.354 e. The number of nitrogens with zero attached hydrogens (tertiary/aromatic N) is 5. The molecule has 2 aromatic heterocycles. The average molecular weight is 390 g/mol. The first-order valence-corrected chi connectivity index (χ1v) is 10.3. The highest BCUT2D eigenvalue weighted by atomic mass is 16.2. The maximum absolute atomic E-state index is 12.9. The Morgan fingerprint density at radius 1 is 1.17 bits per heavy atom. The number of benzene rings is 1. The Kier molecular flexibility index (Phi) is 4.67. The van der Waals surface area contributed by atoms with E-state index in [2.05, 4.69) is 27.4 Å². The number of hydrogen-bond donors (Lipinski definition) is 1. The fourth-order valence-electron chi connectivity index (χ4n) is 4.39. The van der Waals surface area contributed by atoms with E-state index in [9.17, 15) is 4.79 Å². The number of nitrogens with one attached hydrogen (secondary N) is 1. The van der Waals surface area contributed by atoms with Gasteiger partial charge in [0.05, 0.1) is 17.8 Å². The second-order valence-corrected chi connectivity index (χ2v) is 7.99. The van der Waals surface area contributed by atoms with Gasteiger partial charge in [-0.15, -0.1) is 0 Å². The van der Waals surface area contributed by atoms with Gasteiger partial charge in [-0.05, 0) is 18.5 Å². The first-order chi connectivity index (χ1) is 14.2. The molecular weight excluding hydrogens is 364 g/mol. The SMILES string of the molecule is CN(Cc1ccccc1)C(=O)C1CN(c2c3c(nc4ccnn24)CCNCC3)C1. The van der Waals surface area contributed by atoms with Gasteiger partial charge in [0, 0.05) is 51.3 Å². The standard InChI is InChI=1S/C22H26N6O/c1-26(13-16-5-3-2-4-6-16)22(29)17-14-27(15-17)21-18-7-10-23-11-8-19(18)25-20-9-12-24-28(20)21/h2-6,9,12,17,23H,7-8,10-11,13-15H2,1H3. The van der Waals surface area contributed by atoms with E-state index in [1.54, 1.807) is 6.20 Å². The lowest BCUT2D eigenvalue weighted by Crippen LogP contribution is -2.54. The van der Waals surface area contributed by atoms with Gasteiger partial charge < -0.3 is 15.1 Å². The molecule has 1 aromatic carbocycles. The third-order valence-corrected chi connectivity index (χ3v) is 5.95. The number of amides is 1. The Morgan fingerprint density at radius 2 is 1.97 bits per heavy atom. The van der Waals surface area contributed by atoms with E-state index in [4.69, 9.17) is 4.98 Å². The summed E-state index contributed by atoms with van der Waals surface area (Å²) in [7, 11) is 1.90. The van der Waals surface area contributed by atoms with E-state index in [1.807, 2.05) is 40.7 Å². The fourth-order valence-corrected chi connectivity index (χ4v) is 4.39. The lowest BCUT2D eigenvalue weighted by molar-refractivity contribution is -0.135. The molecule has 1 fully saturated rings. The number of anilines is 1. The van der Waals surface area contributed by atoms with Gasteiger partial charge in [-0.1, -0.05) is 30.3 Å². The zero-order chi connectivity index (χ0) is 19.8. The van der Waals surface area contributed by atoms with E-state index in [1.165, 1.54) is 5.56 Å². The highest BCUT2D eigenvalue weighted by Crippen LogP contribution is 2.32. The highest BCUT2D eigenvalue weighted by molar-refractivity contribution is 5.82. The van der Waals surface area contributed by atoms with Crippen molar-refractivity contribution in [2.45, 2.75) is 19.4 Å². The van der Waals surface area contributed by atoms with Crippen molar-refractivity contribution in [1.82, 2.24) is 24.8 Å². The van der Waals surface area contributed by atoms with Crippen LogP contribution in [0, 0.1) is 5.92 Å². The van der Waals surface area contributed by atoms with Crippen LogP contribution in [0.5, 0.6) is 0 Å². The molecule has 1 saturated heterocycles. The summed E-state index contributed by atoms with van der Waals surface area (Å²) in [6.07, 6.45) is 3.68. The summed E-state index contributed by atoms with van der Waals surface area (Å²) in [6.45, 7) is 4.02. The molecule has 2 aliphatic rings. The second kappa shape index (κ2) is 7.48. The predicted molar refractivity (Wildman–Crippen MR) is 112 cm³/mol. The molecule has 29 heavy (non-hydrogen) atoms. The topological polar surface area (TPSA) is 65.8 Å². The minimum absolute atomic E-state index is 0.0297. The molecule has 7 heteroatoms. The molecule has 0 aliphatic carbocycles. The lowest BCUT2D eigenvalue weighted by Gasteiger charge is -2.42. The molecule has 0 unspecified atom stereocenters. The molecule has 0 saturated carbocycles. The number of rotatable bonds is 4. The van der Waals surface area contributed by atoms with Crippen LogP contribution < -0.4 is 10.2 Å². The van der Waals surface area contributed by atoms with E-state index in [0.717, 1.165) is 61.7 Å². The van der Waals surface area contributed by atoms with Gasteiger partial charge in [0.25, 0.3) is 0 Å². The molecule has 0 bridgehead atoms. The monoisotopic (exact) mass is 390 g/mol. The van der Waals surface area contributed by atoms with Crippen LogP contribution in [0.25, 0.3) is 5.65 Å². The summed E-state index contributed by atoms with van der Waals surface area (Å²) in [5.74, 6) is 1.36. The molecule has 4 heterocycles. The van der Waals surface area contributed by atoms with Gasteiger partial charge in [0.15, 0.2) is 5.65 Å². The van der Waals surface area contributed by atoms with Gasteiger partial charge in [-0.25, -0.2) is 4.98 Å².